The smallest absolute Gasteiger partial charge is 0.175 e. The molecule has 162 valence electrons. The van der Waals surface area contributed by atoms with Crippen molar-refractivity contribution in [3.8, 4) is 16.9 Å². The Morgan fingerprint density at radius 2 is 2.16 bits per heavy atom. The van der Waals surface area contributed by atoms with Crippen LogP contribution in [-0.2, 0) is 6.54 Å². The van der Waals surface area contributed by atoms with Crippen LogP contribution in [0.15, 0.2) is 47.0 Å². The van der Waals surface area contributed by atoms with Crippen molar-refractivity contribution >= 4 is 28.7 Å². The summed E-state index contributed by atoms with van der Waals surface area (Å²) in [6.07, 6.45) is 6.10. The Hall–Kier alpha value is -3.11. The lowest BCUT2D eigenvalue weighted by atomic mass is 10.1. The zero-order valence-electron chi connectivity index (χ0n) is 17.8. The molecule has 0 aliphatic rings. The van der Waals surface area contributed by atoms with Crippen LogP contribution in [0.4, 0.5) is 5.82 Å². The first kappa shape index (κ1) is 21.1. The number of anilines is 1. The van der Waals surface area contributed by atoms with Gasteiger partial charge in [0, 0.05) is 29.2 Å². The number of aromatic amines is 1. The summed E-state index contributed by atoms with van der Waals surface area (Å²) in [5.74, 6) is 1.16. The van der Waals surface area contributed by atoms with E-state index in [-0.39, 0.29) is 0 Å². The number of nitrogen functional groups attached to an aromatic ring is 1. The van der Waals surface area contributed by atoms with E-state index in [0.717, 1.165) is 52.1 Å². The van der Waals surface area contributed by atoms with Gasteiger partial charge in [0.05, 0.1) is 13.3 Å². The number of hydrogen-bond donors (Lipinski definition) is 3. The van der Waals surface area contributed by atoms with E-state index in [1.807, 2.05) is 24.4 Å². The molecule has 0 radical (unpaired) electrons. The van der Waals surface area contributed by atoms with Gasteiger partial charge in [-0.1, -0.05) is 25.6 Å². The first-order valence-electron chi connectivity index (χ1n) is 10.1. The van der Waals surface area contributed by atoms with Crippen LogP contribution in [0.5, 0.6) is 5.75 Å². The van der Waals surface area contributed by atoms with E-state index in [0.29, 0.717) is 17.4 Å². The van der Waals surface area contributed by atoms with Crippen molar-refractivity contribution < 1.29 is 4.74 Å². The molecule has 4 N–H and O–H groups in total. The number of hydrogen-bond acceptors (Lipinski definition) is 8. The van der Waals surface area contributed by atoms with Crippen molar-refractivity contribution in [2.24, 2.45) is 0 Å². The number of H-pyrrole nitrogens is 1. The number of methoxy groups -OCH3 is 1. The van der Waals surface area contributed by atoms with Gasteiger partial charge in [-0.2, -0.15) is 5.10 Å². The van der Waals surface area contributed by atoms with E-state index in [1.54, 1.807) is 25.1 Å². The minimum atomic E-state index is 0.381. The quantitative estimate of drug-likeness (QED) is 0.340. The van der Waals surface area contributed by atoms with Crippen LogP contribution in [0.25, 0.3) is 22.3 Å². The van der Waals surface area contributed by atoms with Crippen LogP contribution < -0.4 is 15.8 Å². The first-order chi connectivity index (χ1) is 15.1. The molecule has 10 heteroatoms. The van der Waals surface area contributed by atoms with Crippen LogP contribution in [0.2, 0.25) is 0 Å². The normalized spacial score (nSPS) is 11.5. The highest BCUT2D eigenvalue weighted by Gasteiger charge is 2.18. The Kier molecular flexibility index (Phi) is 6.38. The van der Waals surface area contributed by atoms with Gasteiger partial charge in [0.2, 0.25) is 0 Å². The second kappa shape index (κ2) is 9.36. The summed E-state index contributed by atoms with van der Waals surface area (Å²) < 4.78 is 7.57. The fourth-order valence-electron chi connectivity index (χ4n) is 3.29. The van der Waals surface area contributed by atoms with Crippen LogP contribution in [0.1, 0.15) is 20.3 Å². The molecule has 9 nitrogen and oxygen atoms in total. The van der Waals surface area contributed by atoms with Crippen LogP contribution in [0, 0.1) is 0 Å². The fraction of sp³-hybridized carbons (Fsp3) is 0.333. The Morgan fingerprint density at radius 1 is 1.29 bits per heavy atom. The maximum absolute atomic E-state index is 6.10. The summed E-state index contributed by atoms with van der Waals surface area (Å²) >= 11 is 1.55. The maximum Gasteiger partial charge on any atom is 0.175 e. The van der Waals surface area contributed by atoms with Gasteiger partial charge in [0.15, 0.2) is 22.1 Å². The Bertz CT molecular complexity index is 1160. The Morgan fingerprint density at radius 3 is 2.90 bits per heavy atom. The highest BCUT2D eigenvalue weighted by Crippen LogP contribution is 2.39. The Balaban J connectivity index is 1.73. The topological polar surface area (TPSA) is 120 Å². The number of imidazole rings is 1. The number of aryl methyl sites for hydroxylation is 1. The van der Waals surface area contributed by atoms with Gasteiger partial charge in [-0.3, -0.25) is 5.10 Å². The predicted octanol–water partition coefficient (Wildman–Crippen LogP) is 3.35. The minimum absolute atomic E-state index is 0.381. The number of rotatable bonds is 9. The van der Waals surface area contributed by atoms with Gasteiger partial charge < -0.3 is 20.4 Å². The third kappa shape index (κ3) is 4.64. The predicted molar refractivity (Wildman–Crippen MR) is 122 cm³/mol. The van der Waals surface area contributed by atoms with Gasteiger partial charge >= 0.3 is 0 Å². The summed E-state index contributed by atoms with van der Waals surface area (Å²) in [6.45, 7) is 5.95. The number of ether oxygens (including phenoxy) is 1. The molecule has 0 aliphatic heterocycles. The number of nitrogens with zero attached hydrogens (tertiary/aromatic N) is 5. The average molecular weight is 439 g/mol. The van der Waals surface area contributed by atoms with Gasteiger partial charge in [-0.15, -0.1) is 0 Å². The summed E-state index contributed by atoms with van der Waals surface area (Å²) in [5, 5.41) is 11.2. The summed E-state index contributed by atoms with van der Waals surface area (Å²) in [5.41, 5.74) is 9.50. The monoisotopic (exact) mass is 438 g/mol. The van der Waals surface area contributed by atoms with Gasteiger partial charge in [0.25, 0.3) is 0 Å². The number of nitrogens with two attached hydrogens (primary N) is 1. The molecule has 0 spiro atoms. The van der Waals surface area contributed by atoms with Gasteiger partial charge in [0.1, 0.15) is 12.1 Å². The lowest BCUT2D eigenvalue weighted by Gasteiger charge is -2.13. The van der Waals surface area contributed by atoms with Crippen molar-refractivity contribution in [2.75, 3.05) is 19.4 Å². The molecule has 4 aromatic rings. The van der Waals surface area contributed by atoms with Crippen LogP contribution in [0.3, 0.4) is 0 Å². The van der Waals surface area contributed by atoms with E-state index >= 15 is 0 Å². The number of benzene rings is 1. The Labute approximate surface area is 184 Å². The SMILES string of the molecule is COc1ccc(-c2cn[nH]c2)c(Sc2nc3c(N)ncnc3n2CCCNC(C)C)c1. The second-order valence-corrected chi connectivity index (χ2v) is 8.40. The van der Waals surface area contributed by atoms with Crippen LogP contribution in [-0.4, -0.2) is 49.4 Å². The number of nitrogens with one attached hydrogen (secondary N) is 2. The summed E-state index contributed by atoms with van der Waals surface area (Å²) in [7, 11) is 1.66. The van der Waals surface area contributed by atoms with Crippen molar-refractivity contribution in [3.05, 3.63) is 36.9 Å². The van der Waals surface area contributed by atoms with Crippen molar-refractivity contribution in [3.63, 3.8) is 0 Å². The molecule has 0 saturated heterocycles. The van der Waals surface area contributed by atoms with Crippen LogP contribution >= 0.6 is 11.8 Å². The van der Waals surface area contributed by atoms with E-state index in [2.05, 4.69) is 43.9 Å². The lowest BCUT2D eigenvalue weighted by molar-refractivity contribution is 0.414. The highest BCUT2D eigenvalue weighted by molar-refractivity contribution is 7.99. The summed E-state index contributed by atoms with van der Waals surface area (Å²) in [4.78, 5) is 14.4. The van der Waals surface area contributed by atoms with Crippen molar-refractivity contribution in [1.82, 2.24) is 35.0 Å². The molecular weight excluding hydrogens is 412 g/mol. The van der Waals surface area contributed by atoms with E-state index in [4.69, 9.17) is 15.5 Å². The molecule has 1 aromatic carbocycles. The molecule has 31 heavy (non-hydrogen) atoms. The summed E-state index contributed by atoms with van der Waals surface area (Å²) in [6, 6.07) is 6.42. The molecule has 0 fully saturated rings. The lowest BCUT2D eigenvalue weighted by Crippen LogP contribution is -2.24. The largest absolute Gasteiger partial charge is 0.497 e. The molecule has 3 aromatic heterocycles. The third-order valence-electron chi connectivity index (χ3n) is 4.84. The van der Waals surface area contributed by atoms with Crippen molar-refractivity contribution in [2.45, 2.75) is 42.9 Å². The molecule has 0 unspecified atom stereocenters. The first-order valence-corrected chi connectivity index (χ1v) is 10.9. The zero-order chi connectivity index (χ0) is 21.8. The zero-order valence-corrected chi connectivity index (χ0v) is 18.6. The van der Waals surface area contributed by atoms with E-state index in [9.17, 15) is 0 Å². The molecule has 4 rings (SSSR count). The number of aromatic nitrogens is 6. The standard InChI is InChI=1S/C21H26N8OS/c1-13(2)23-7-4-8-29-20-18(19(22)24-12-25-20)28-21(29)31-17-9-15(30-3)5-6-16(17)14-10-26-27-11-14/h5-6,9-13,23H,4,7-8H2,1-3H3,(H,26,27)(H2,22,24,25). The fourth-order valence-corrected chi connectivity index (χ4v) is 4.38. The average Bonchev–Trinajstić information content (AvgIpc) is 3.40. The molecule has 0 atom stereocenters. The molecule has 0 aliphatic carbocycles. The highest BCUT2D eigenvalue weighted by atomic mass is 32.2. The molecule has 0 bridgehead atoms. The second-order valence-electron chi connectivity index (χ2n) is 7.39. The van der Waals surface area contributed by atoms with E-state index in [1.165, 1.54) is 6.33 Å². The molecule has 0 saturated carbocycles. The molecular formula is C21H26N8OS. The minimum Gasteiger partial charge on any atom is -0.497 e. The molecule has 0 amide bonds. The van der Waals surface area contributed by atoms with E-state index < -0.39 is 0 Å². The number of fused-ring (bicyclic) bond motifs is 1. The molecule has 3 heterocycles. The van der Waals surface area contributed by atoms with Gasteiger partial charge in [-0.25, -0.2) is 15.0 Å². The van der Waals surface area contributed by atoms with Gasteiger partial charge in [-0.05, 0) is 36.7 Å². The maximum atomic E-state index is 6.10. The third-order valence-corrected chi connectivity index (χ3v) is 5.89. The van der Waals surface area contributed by atoms with Crippen molar-refractivity contribution in [1.29, 1.82) is 0 Å².